The first-order valence-electron chi connectivity index (χ1n) is 6.18. The Morgan fingerprint density at radius 2 is 2.00 bits per heavy atom. The van der Waals surface area contributed by atoms with Crippen LogP contribution in [0, 0.1) is 6.92 Å². The molecule has 114 valence electrons. The number of primary amides is 1. The summed E-state index contributed by atoms with van der Waals surface area (Å²) in [4.78, 5) is 36.7. The van der Waals surface area contributed by atoms with Crippen LogP contribution in [0.3, 0.4) is 0 Å². The number of anilines is 1. The van der Waals surface area contributed by atoms with Gasteiger partial charge >= 0.3 is 17.9 Å². The van der Waals surface area contributed by atoms with E-state index in [0.717, 1.165) is 5.56 Å². The van der Waals surface area contributed by atoms with E-state index in [2.05, 4.69) is 15.6 Å². The van der Waals surface area contributed by atoms with E-state index in [1.807, 2.05) is 0 Å². The summed E-state index contributed by atoms with van der Waals surface area (Å²) in [6.45, 7) is 5.26. The number of pyridine rings is 1. The molecule has 0 aromatic carbocycles. The monoisotopic (exact) mass is 294 g/mol. The van der Waals surface area contributed by atoms with Crippen LogP contribution >= 0.6 is 0 Å². The lowest BCUT2D eigenvalue weighted by Crippen LogP contribution is -2.44. The van der Waals surface area contributed by atoms with Crippen molar-refractivity contribution in [3.63, 3.8) is 0 Å². The number of carbonyl (C=O) groups excluding carboxylic acids is 2. The molecule has 0 radical (unpaired) electrons. The standard InChI is InChI=1S/C13H18N4O4/c1-7-4-8(16-11(19)10(14)18)6-15-9(7)5-13(2,3)17-12(20)21/h4,6,17H,5H2,1-3H3,(H2,14,18)(H,16,19)(H,20,21). The molecule has 0 aliphatic carbocycles. The van der Waals surface area contributed by atoms with E-state index in [1.165, 1.54) is 6.20 Å². The lowest BCUT2D eigenvalue weighted by Gasteiger charge is -2.24. The topological polar surface area (TPSA) is 134 Å². The van der Waals surface area contributed by atoms with Gasteiger partial charge in [-0.15, -0.1) is 0 Å². The van der Waals surface area contributed by atoms with Crippen molar-refractivity contribution in [2.24, 2.45) is 5.73 Å². The van der Waals surface area contributed by atoms with Crippen molar-refractivity contribution in [1.29, 1.82) is 0 Å². The third kappa shape index (κ3) is 5.09. The van der Waals surface area contributed by atoms with E-state index in [9.17, 15) is 14.4 Å². The van der Waals surface area contributed by atoms with Crippen molar-refractivity contribution in [3.8, 4) is 0 Å². The first-order valence-corrected chi connectivity index (χ1v) is 6.18. The third-order valence-corrected chi connectivity index (χ3v) is 2.72. The summed E-state index contributed by atoms with van der Waals surface area (Å²) in [5.41, 5.74) is 5.97. The predicted octanol–water partition coefficient (Wildman–Crippen LogP) is 0.403. The molecule has 0 atom stereocenters. The number of nitrogens with one attached hydrogen (secondary N) is 2. The number of hydrogen-bond donors (Lipinski definition) is 4. The van der Waals surface area contributed by atoms with Crippen molar-refractivity contribution in [2.75, 3.05) is 5.32 Å². The molecule has 1 rings (SSSR count). The Labute approximate surface area is 121 Å². The van der Waals surface area contributed by atoms with Crippen LogP contribution < -0.4 is 16.4 Å². The molecule has 21 heavy (non-hydrogen) atoms. The fraction of sp³-hybridized carbons (Fsp3) is 0.385. The normalized spacial score (nSPS) is 10.8. The molecule has 0 saturated carbocycles. The van der Waals surface area contributed by atoms with Crippen LogP contribution in [0.5, 0.6) is 0 Å². The van der Waals surface area contributed by atoms with E-state index in [1.54, 1.807) is 26.8 Å². The number of rotatable bonds is 4. The zero-order valence-corrected chi connectivity index (χ0v) is 12.1. The van der Waals surface area contributed by atoms with E-state index in [-0.39, 0.29) is 0 Å². The van der Waals surface area contributed by atoms with Crippen LogP contribution in [0.15, 0.2) is 12.3 Å². The summed E-state index contributed by atoms with van der Waals surface area (Å²) in [6.07, 6.45) is 0.665. The molecule has 0 saturated heterocycles. The summed E-state index contributed by atoms with van der Waals surface area (Å²) in [5.74, 6) is -2.00. The first-order chi connectivity index (χ1) is 9.60. The molecule has 1 aromatic heterocycles. The number of aromatic nitrogens is 1. The van der Waals surface area contributed by atoms with Crippen LogP contribution in [-0.2, 0) is 16.0 Å². The van der Waals surface area contributed by atoms with Crippen LogP contribution in [0.2, 0.25) is 0 Å². The minimum atomic E-state index is -1.11. The minimum Gasteiger partial charge on any atom is -0.465 e. The molecule has 8 heteroatoms. The highest BCUT2D eigenvalue weighted by Crippen LogP contribution is 2.17. The molecular weight excluding hydrogens is 276 g/mol. The van der Waals surface area contributed by atoms with Gasteiger partial charge < -0.3 is 21.5 Å². The summed E-state index contributed by atoms with van der Waals surface area (Å²) in [6, 6.07) is 1.64. The smallest absolute Gasteiger partial charge is 0.405 e. The van der Waals surface area contributed by atoms with Crippen LogP contribution in [-0.4, -0.2) is 33.5 Å². The van der Waals surface area contributed by atoms with E-state index < -0.39 is 23.4 Å². The molecule has 3 amide bonds. The second-order valence-electron chi connectivity index (χ2n) is 5.30. The van der Waals surface area contributed by atoms with Gasteiger partial charge in [-0.3, -0.25) is 14.6 Å². The molecule has 0 unspecified atom stereocenters. The highest BCUT2D eigenvalue weighted by molar-refractivity contribution is 6.39. The average Bonchev–Trinajstić information content (AvgIpc) is 2.30. The molecule has 5 N–H and O–H groups in total. The SMILES string of the molecule is Cc1cc(NC(=O)C(N)=O)cnc1CC(C)(C)NC(=O)O. The number of amides is 3. The largest absolute Gasteiger partial charge is 0.465 e. The zero-order valence-electron chi connectivity index (χ0n) is 12.1. The maximum atomic E-state index is 11.2. The molecule has 0 spiro atoms. The summed E-state index contributed by atoms with van der Waals surface area (Å²) < 4.78 is 0. The van der Waals surface area contributed by atoms with Gasteiger partial charge in [-0.2, -0.15) is 0 Å². The van der Waals surface area contributed by atoms with Gasteiger partial charge in [-0.1, -0.05) is 0 Å². The predicted molar refractivity (Wildman–Crippen MR) is 75.7 cm³/mol. The van der Waals surface area contributed by atoms with Crippen molar-refractivity contribution >= 4 is 23.6 Å². The van der Waals surface area contributed by atoms with Crippen molar-refractivity contribution in [3.05, 3.63) is 23.5 Å². The van der Waals surface area contributed by atoms with E-state index in [0.29, 0.717) is 17.8 Å². The average molecular weight is 294 g/mol. The Hall–Kier alpha value is -2.64. The lowest BCUT2D eigenvalue weighted by atomic mass is 9.96. The number of aryl methyl sites for hydroxylation is 1. The van der Waals surface area contributed by atoms with Crippen LogP contribution in [0.4, 0.5) is 10.5 Å². The van der Waals surface area contributed by atoms with Crippen LogP contribution in [0.25, 0.3) is 0 Å². The van der Waals surface area contributed by atoms with Gasteiger partial charge in [0.1, 0.15) is 0 Å². The molecule has 0 bridgehead atoms. The number of carboxylic acid groups (broad SMARTS) is 1. The lowest BCUT2D eigenvalue weighted by molar-refractivity contribution is -0.134. The molecule has 0 aliphatic rings. The van der Waals surface area contributed by atoms with E-state index >= 15 is 0 Å². The van der Waals surface area contributed by atoms with Crippen molar-refractivity contribution in [1.82, 2.24) is 10.3 Å². The Balaban J connectivity index is 2.86. The van der Waals surface area contributed by atoms with Crippen LogP contribution in [0.1, 0.15) is 25.1 Å². The maximum absolute atomic E-state index is 11.2. The number of nitrogens with two attached hydrogens (primary N) is 1. The minimum absolute atomic E-state index is 0.351. The Kier molecular flexibility index (Phi) is 4.85. The maximum Gasteiger partial charge on any atom is 0.405 e. The second-order valence-corrected chi connectivity index (χ2v) is 5.30. The third-order valence-electron chi connectivity index (χ3n) is 2.72. The fourth-order valence-corrected chi connectivity index (χ4v) is 1.80. The summed E-state index contributed by atoms with van der Waals surface area (Å²) in [7, 11) is 0. The van der Waals surface area contributed by atoms with Gasteiger partial charge in [-0.25, -0.2) is 4.79 Å². The Bertz CT molecular complexity index is 584. The highest BCUT2D eigenvalue weighted by atomic mass is 16.4. The Morgan fingerprint density at radius 1 is 1.38 bits per heavy atom. The van der Waals surface area contributed by atoms with E-state index in [4.69, 9.17) is 10.8 Å². The zero-order chi connectivity index (χ0) is 16.2. The molecule has 0 aliphatic heterocycles. The quantitative estimate of drug-likeness (QED) is 0.596. The number of hydrogen-bond acceptors (Lipinski definition) is 4. The van der Waals surface area contributed by atoms with Gasteiger partial charge in [0.15, 0.2) is 0 Å². The highest BCUT2D eigenvalue weighted by Gasteiger charge is 2.22. The summed E-state index contributed by atoms with van der Waals surface area (Å²) in [5, 5.41) is 13.5. The van der Waals surface area contributed by atoms with Gasteiger partial charge in [0, 0.05) is 17.7 Å². The molecule has 0 fully saturated rings. The summed E-state index contributed by atoms with van der Waals surface area (Å²) >= 11 is 0. The van der Waals surface area contributed by atoms with Gasteiger partial charge in [0.25, 0.3) is 0 Å². The van der Waals surface area contributed by atoms with Crippen molar-refractivity contribution < 1.29 is 19.5 Å². The van der Waals surface area contributed by atoms with Gasteiger partial charge in [-0.05, 0) is 32.4 Å². The molecule has 1 aromatic rings. The Morgan fingerprint density at radius 3 is 2.48 bits per heavy atom. The molecule has 1 heterocycles. The van der Waals surface area contributed by atoms with Gasteiger partial charge in [0.2, 0.25) is 0 Å². The first kappa shape index (κ1) is 16.4. The van der Waals surface area contributed by atoms with Crippen molar-refractivity contribution in [2.45, 2.75) is 32.7 Å². The second kappa shape index (κ2) is 6.21. The molecular formula is C13H18N4O4. The fourth-order valence-electron chi connectivity index (χ4n) is 1.80. The van der Waals surface area contributed by atoms with Gasteiger partial charge in [0.05, 0.1) is 11.9 Å². The number of carbonyl (C=O) groups is 3. The molecule has 8 nitrogen and oxygen atoms in total. The number of nitrogens with zero attached hydrogens (tertiary/aromatic N) is 1.